The van der Waals surface area contributed by atoms with Crippen molar-refractivity contribution in [2.45, 2.75) is 46.4 Å². The molecule has 0 heterocycles. The Kier molecular flexibility index (Phi) is 6.52. The Labute approximate surface area is 122 Å². The minimum absolute atomic E-state index is 0.359. The molecule has 0 amide bonds. The van der Waals surface area contributed by atoms with Gasteiger partial charge in [0.1, 0.15) is 6.84 Å². The summed E-state index contributed by atoms with van der Waals surface area (Å²) in [7, 11) is 0. The maximum Gasteiger partial charge on any atom is 0.321 e. The Morgan fingerprint density at radius 3 is 1.31 bits per heavy atom. The first-order chi connectivity index (χ1) is 7.26. The SMILES string of the molecule is CCCC(I)(C(=O)O)C(I)(CCC)C(=O)O. The molecule has 0 aromatic rings. The predicted molar refractivity (Wildman–Crippen MR) is 78.6 cm³/mol. The smallest absolute Gasteiger partial charge is 0.321 e. The molecule has 2 unspecified atom stereocenters. The Morgan fingerprint density at radius 2 is 1.19 bits per heavy atom. The van der Waals surface area contributed by atoms with E-state index in [0.29, 0.717) is 25.7 Å². The van der Waals surface area contributed by atoms with E-state index in [1.165, 1.54) is 0 Å². The van der Waals surface area contributed by atoms with Gasteiger partial charge in [0.25, 0.3) is 0 Å². The lowest BCUT2D eigenvalue weighted by molar-refractivity contribution is -0.148. The molecule has 0 bridgehead atoms. The Hall–Kier alpha value is 0.400. The lowest BCUT2D eigenvalue weighted by Crippen LogP contribution is -2.55. The van der Waals surface area contributed by atoms with Crippen LogP contribution in [0.15, 0.2) is 0 Å². The van der Waals surface area contributed by atoms with E-state index in [1.54, 1.807) is 45.2 Å². The molecule has 0 saturated carbocycles. The zero-order chi connectivity index (χ0) is 13.0. The highest BCUT2D eigenvalue weighted by Crippen LogP contribution is 2.46. The van der Waals surface area contributed by atoms with Crippen molar-refractivity contribution < 1.29 is 19.8 Å². The molecule has 0 saturated heterocycles. The van der Waals surface area contributed by atoms with Crippen molar-refractivity contribution in [3.8, 4) is 0 Å². The highest BCUT2D eigenvalue weighted by Gasteiger charge is 2.57. The number of hydrogen-bond acceptors (Lipinski definition) is 2. The van der Waals surface area contributed by atoms with Crippen LogP contribution in [0.25, 0.3) is 0 Å². The van der Waals surface area contributed by atoms with Crippen molar-refractivity contribution >= 4 is 57.1 Å². The third-order valence-corrected chi connectivity index (χ3v) is 7.37. The zero-order valence-corrected chi connectivity index (χ0v) is 13.6. The van der Waals surface area contributed by atoms with Crippen LogP contribution >= 0.6 is 45.2 Å². The monoisotopic (exact) mass is 454 g/mol. The summed E-state index contributed by atoms with van der Waals surface area (Å²) >= 11 is 3.59. The molecule has 0 rings (SSSR count). The van der Waals surface area contributed by atoms with E-state index in [0.717, 1.165) is 0 Å². The number of aliphatic carboxylic acids is 2. The van der Waals surface area contributed by atoms with Crippen molar-refractivity contribution in [1.29, 1.82) is 0 Å². The van der Waals surface area contributed by atoms with E-state index in [1.807, 2.05) is 13.8 Å². The van der Waals surface area contributed by atoms with Crippen LogP contribution < -0.4 is 0 Å². The Bertz CT molecular complexity index is 254. The summed E-state index contributed by atoms with van der Waals surface area (Å²) in [6.45, 7) is 3.72. The summed E-state index contributed by atoms with van der Waals surface area (Å²) in [5.74, 6) is -2.08. The minimum Gasteiger partial charge on any atom is -0.480 e. The van der Waals surface area contributed by atoms with E-state index in [2.05, 4.69) is 0 Å². The molecule has 2 atom stereocenters. The van der Waals surface area contributed by atoms with Crippen LogP contribution in [-0.4, -0.2) is 29.0 Å². The van der Waals surface area contributed by atoms with Gasteiger partial charge in [0.2, 0.25) is 0 Å². The molecule has 6 heteroatoms. The van der Waals surface area contributed by atoms with Gasteiger partial charge >= 0.3 is 11.9 Å². The van der Waals surface area contributed by atoms with Crippen molar-refractivity contribution in [1.82, 2.24) is 0 Å². The van der Waals surface area contributed by atoms with E-state index >= 15 is 0 Å². The Balaban J connectivity index is 5.43. The highest BCUT2D eigenvalue weighted by molar-refractivity contribution is 14.1. The largest absolute Gasteiger partial charge is 0.480 e. The topological polar surface area (TPSA) is 74.6 Å². The lowest BCUT2D eigenvalue weighted by Gasteiger charge is -2.36. The summed E-state index contributed by atoms with van der Waals surface area (Å²) in [5.41, 5.74) is 0. The summed E-state index contributed by atoms with van der Waals surface area (Å²) in [4.78, 5) is 22.7. The van der Waals surface area contributed by atoms with Gasteiger partial charge < -0.3 is 10.2 Å². The fourth-order valence-electron chi connectivity index (χ4n) is 1.64. The van der Waals surface area contributed by atoms with E-state index in [4.69, 9.17) is 0 Å². The third kappa shape index (κ3) is 2.99. The maximum absolute atomic E-state index is 11.4. The number of halogens is 2. The first-order valence-corrected chi connectivity index (χ1v) is 7.26. The fourth-order valence-corrected chi connectivity index (χ4v) is 3.72. The fraction of sp³-hybridized carbons (Fsp3) is 0.800. The van der Waals surface area contributed by atoms with Crippen LogP contribution in [0.5, 0.6) is 0 Å². The van der Waals surface area contributed by atoms with Crippen molar-refractivity contribution in [2.24, 2.45) is 0 Å². The third-order valence-electron chi connectivity index (χ3n) is 2.50. The number of carboxylic acids is 2. The predicted octanol–water partition coefficient (Wildman–Crippen LogP) is 3.10. The second-order valence-electron chi connectivity index (χ2n) is 3.71. The van der Waals surface area contributed by atoms with Gasteiger partial charge in [0.05, 0.1) is 0 Å². The molecule has 0 aromatic heterocycles. The molecule has 0 aliphatic carbocycles. The van der Waals surface area contributed by atoms with Gasteiger partial charge in [-0.25, -0.2) is 0 Å². The first-order valence-electron chi connectivity index (χ1n) is 5.10. The van der Waals surface area contributed by atoms with Crippen LogP contribution in [-0.2, 0) is 9.59 Å². The van der Waals surface area contributed by atoms with Gasteiger partial charge in [0.15, 0.2) is 0 Å². The molecule has 94 valence electrons. The molecule has 0 radical (unpaired) electrons. The van der Waals surface area contributed by atoms with Gasteiger partial charge in [-0.15, -0.1) is 0 Å². The zero-order valence-electron chi connectivity index (χ0n) is 9.30. The van der Waals surface area contributed by atoms with Gasteiger partial charge in [-0.3, -0.25) is 9.59 Å². The molecule has 4 nitrogen and oxygen atoms in total. The van der Waals surface area contributed by atoms with Crippen molar-refractivity contribution in [2.75, 3.05) is 0 Å². The van der Waals surface area contributed by atoms with Crippen LogP contribution in [0.4, 0.5) is 0 Å². The quantitative estimate of drug-likeness (QED) is 0.459. The number of carboxylic acid groups (broad SMARTS) is 2. The number of rotatable bonds is 7. The van der Waals surface area contributed by atoms with Crippen LogP contribution in [0.3, 0.4) is 0 Å². The van der Waals surface area contributed by atoms with Gasteiger partial charge in [-0.05, 0) is 12.8 Å². The van der Waals surface area contributed by atoms with Crippen LogP contribution in [0.1, 0.15) is 39.5 Å². The molecule has 16 heavy (non-hydrogen) atoms. The molecular formula is C10H16I2O4. The molecular weight excluding hydrogens is 438 g/mol. The van der Waals surface area contributed by atoms with Crippen LogP contribution in [0.2, 0.25) is 0 Å². The Morgan fingerprint density at radius 1 is 0.938 bits per heavy atom. The molecule has 0 aromatic carbocycles. The average molecular weight is 454 g/mol. The standard InChI is InChI=1S/C10H16I2O4/c1-3-5-9(11,7(13)14)10(12,6-4-2)8(15)16/h3-6H2,1-2H3,(H,13,14)(H,15,16). The summed E-state index contributed by atoms with van der Waals surface area (Å²) < 4.78 is -2.50. The average Bonchev–Trinajstić information content (AvgIpc) is 2.17. The highest BCUT2D eigenvalue weighted by atomic mass is 127. The summed E-state index contributed by atoms with van der Waals surface area (Å²) in [6.07, 6.45) is 2.02. The molecule has 0 fully saturated rings. The van der Waals surface area contributed by atoms with Gasteiger partial charge in [0, 0.05) is 0 Å². The van der Waals surface area contributed by atoms with Crippen molar-refractivity contribution in [3.05, 3.63) is 0 Å². The number of carbonyl (C=O) groups is 2. The molecule has 0 aliphatic rings. The summed E-state index contributed by atoms with van der Waals surface area (Å²) in [6, 6.07) is 0. The maximum atomic E-state index is 11.4. The van der Waals surface area contributed by atoms with Crippen LogP contribution in [0, 0.1) is 0 Å². The second kappa shape index (κ2) is 6.36. The van der Waals surface area contributed by atoms with E-state index in [-0.39, 0.29) is 0 Å². The second-order valence-corrected chi connectivity index (χ2v) is 7.40. The first kappa shape index (κ1) is 16.4. The molecule has 0 aliphatic heterocycles. The minimum atomic E-state index is -1.25. The van der Waals surface area contributed by atoms with E-state index < -0.39 is 18.8 Å². The molecule has 2 N–H and O–H groups in total. The lowest BCUT2D eigenvalue weighted by atomic mass is 9.85. The van der Waals surface area contributed by atoms with Crippen molar-refractivity contribution in [3.63, 3.8) is 0 Å². The number of hydrogen-bond donors (Lipinski definition) is 2. The normalized spacial score (nSPS) is 18.5. The van der Waals surface area contributed by atoms with E-state index in [9.17, 15) is 19.8 Å². The van der Waals surface area contributed by atoms with Gasteiger partial charge in [-0.2, -0.15) is 0 Å². The van der Waals surface area contributed by atoms with Gasteiger partial charge in [-0.1, -0.05) is 71.9 Å². The number of alkyl halides is 2. The summed E-state index contributed by atoms with van der Waals surface area (Å²) in [5, 5.41) is 18.6. The molecule has 0 spiro atoms.